The Kier molecular flexibility index (Phi) is 5.97. The molecular formula is C21H19BrClN5O2. The number of hydrogen-bond acceptors (Lipinski definition) is 5. The van der Waals surface area contributed by atoms with Crippen molar-refractivity contribution in [3.05, 3.63) is 63.7 Å². The first-order valence-corrected chi connectivity index (χ1v) is 10.7. The summed E-state index contributed by atoms with van der Waals surface area (Å²) in [4.78, 5) is 40.0. The Morgan fingerprint density at radius 3 is 2.80 bits per heavy atom. The lowest BCUT2D eigenvalue weighted by Gasteiger charge is -2.37. The summed E-state index contributed by atoms with van der Waals surface area (Å²) in [6.07, 6.45) is 7.13. The van der Waals surface area contributed by atoms with Crippen molar-refractivity contribution in [2.24, 2.45) is 5.92 Å². The van der Waals surface area contributed by atoms with E-state index in [1.807, 2.05) is 6.07 Å². The molecule has 0 spiro atoms. The summed E-state index contributed by atoms with van der Waals surface area (Å²) < 4.78 is 0.729. The Bertz CT molecular complexity index is 1130. The predicted molar refractivity (Wildman–Crippen MR) is 117 cm³/mol. The molecule has 9 heteroatoms. The third-order valence-corrected chi connectivity index (χ3v) is 6.09. The zero-order valence-corrected chi connectivity index (χ0v) is 18.5. The Labute approximate surface area is 187 Å². The van der Waals surface area contributed by atoms with Crippen LogP contribution in [0.3, 0.4) is 0 Å². The third kappa shape index (κ3) is 4.29. The number of likely N-dealkylation sites (tertiary alicyclic amines) is 1. The molecule has 1 N–H and O–H groups in total. The van der Waals surface area contributed by atoms with Crippen LogP contribution in [0.15, 0.2) is 47.5 Å². The number of fused-ring (bicyclic) bond motifs is 1. The molecule has 154 valence electrons. The lowest BCUT2D eigenvalue weighted by atomic mass is 9.93. The van der Waals surface area contributed by atoms with Crippen molar-refractivity contribution in [2.45, 2.75) is 19.4 Å². The maximum Gasteiger partial charge on any atom is 0.270 e. The standard InChI is InChI=1S/C21H19BrClN5O2/c1-12-4-5-28(21(30)14-6-15(23)9-24-8-14)11-18(12)27-20(29)17-3-2-13-7-25-10-16(22)19(13)26-17/h2-3,6-10,12,18H,4-5,11H2,1H3,(H,27,29). The second-order valence-electron chi connectivity index (χ2n) is 7.38. The van der Waals surface area contributed by atoms with Crippen LogP contribution in [0.2, 0.25) is 5.02 Å². The molecule has 3 aromatic heterocycles. The van der Waals surface area contributed by atoms with Gasteiger partial charge in [-0.3, -0.25) is 19.6 Å². The lowest BCUT2D eigenvalue weighted by Crippen LogP contribution is -2.53. The van der Waals surface area contributed by atoms with Gasteiger partial charge >= 0.3 is 0 Å². The van der Waals surface area contributed by atoms with Gasteiger partial charge in [-0.25, -0.2) is 4.98 Å². The lowest BCUT2D eigenvalue weighted by molar-refractivity contribution is 0.0624. The number of aromatic nitrogens is 3. The van der Waals surface area contributed by atoms with E-state index in [-0.39, 0.29) is 23.8 Å². The van der Waals surface area contributed by atoms with Gasteiger partial charge in [0.15, 0.2) is 0 Å². The number of carbonyl (C=O) groups excluding carboxylic acids is 2. The molecule has 1 aliphatic rings. The molecule has 2 unspecified atom stereocenters. The van der Waals surface area contributed by atoms with Crippen LogP contribution in [0.1, 0.15) is 34.2 Å². The number of piperidine rings is 1. The van der Waals surface area contributed by atoms with E-state index in [1.54, 1.807) is 29.4 Å². The Balaban J connectivity index is 1.50. The number of nitrogens with zero attached hydrogens (tertiary/aromatic N) is 4. The van der Waals surface area contributed by atoms with Crippen LogP contribution in [-0.2, 0) is 0 Å². The summed E-state index contributed by atoms with van der Waals surface area (Å²) >= 11 is 9.39. The maximum absolute atomic E-state index is 12.9. The van der Waals surface area contributed by atoms with Gasteiger partial charge in [-0.2, -0.15) is 0 Å². The molecule has 2 atom stereocenters. The molecule has 1 fully saturated rings. The van der Waals surface area contributed by atoms with E-state index >= 15 is 0 Å². The largest absolute Gasteiger partial charge is 0.346 e. The van der Waals surface area contributed by atoms with Gasteiger partial charge in [-0.15, -0.1) is 0 Å². The number of hydrogen-bond donors (Lipinski definition) is 1. The Morgan fingerprint density at radius 2 is 2.00 bits per heavy atom. The molecule has 0 radical (unpaired) electrons. The molecule has 7 nitrogen and oxygen atoms in total. The molecule has 0 aliphatic carbocycles. The first-order valence-electron chi connectivity index (χ1n) is 9.53. The van der Waals surface area contributed by atoms with Crippen molar-refractivity contribution >= 4 is 50.2 Å². The zero-order valence-electron chi connectivity index (χ0n) is 16.2. The monoisotopic (exact) mass is 487 g/mol. The Morgan fingerprint density at radius 1 is 1.20 bits per heavy atom. The van der Waals surface area contributed by atoms with Crippen LogP contribution in [0.4, 0.5) is 0 Å². The number of amides is 2. The summed E-state index contributed by atoms with van der Waals surface area (Å²) in [5.74, 6) is -0.181. The molecule has 0 aromatic carbocycles. The first-order chi connectivity index (χ1) is 14.4. The van der Waals surface area contributed by atoms with Crippen molar-refractivity contribution in [2.75, 3.05) is 13.1 Å². The van der Waals surface area contributed by atoms with Crippen LogP contribution in [-0.4, -0.2) is 50.8 Å². The average molecular weight is 489 g/mol. The van der Waals surface area contributed by atoms with Gasteiger partial charge in [0.2, 0.25) is 0 Å². The summed E-state index contributed by atoms with van der Waals surface area (Å²) in [6.45, 7) is 3.11. The van der Waals surface area contributed by atoms with Crippen LogP contribution < -0.4 is 5.32 Å². The van der Waals surface area contributed by atoms with Crippen molar-refractivity contribution in [3.8, 4) is 0 Å². The van der Waals surface area contributed by atoms with Gasteiger partial charge in [-0.1, -0.05) is 18.5 Å². The van der Waals surface area contributed by atoms with Gasteiger partial charge in [0.25, 0.3) is 11.8 Å². The van der Waals surface area contributed by atoms with Crippen LogP contribution in [0, 0.1) is 5.92 Å². The number of rotatable bonds is 3. The SMILES string of the molecule is CC1CCN(C(=O)c2cncc(Cl)c2)CC1NC(=O)c1ccc2cncc(Br)c2n1. The molecule has 4 rings (SSSR count). The van der Waals surface area contributed by atoms with Crippen molar-refractivity contribution in [1.29, 1.82) is 0 Å². The highest BCUT2D eigenvalue weighted by molar-refractivity contribution is 9.10. The molecular weight excluding hydrogens is 470 g/mol. The quantitative estimate of drug-likeness (QED) is 0.607. The molecule has 3 aromatic rings. The van der Waals surface area contributed by atoms with Crippen LogP contribution in [0.25, 0.3) is 10.9 Å². The minimum Gasteiger partial charge on any atom is -0.346 e. The molecule has 2 amide bonds. The zero-order chi connectivity index (χ0) is 21.3. The molecule has 0 bridgehead atoms. The number of carbonyl (C=O) groups is 2. The highest BCUT2D eigenvalue weighted by atomic mass is 79.9. The second-order valence-corrected chi connectivity index (χ2v) is 8.67. The van der Waals surface area contributed by atoms with E-state index in [1.165, 1.54) is 12.4 Å². The highest BCUT2D eigenvalue weighted by Gasteiger charge is 2.31. The van der Waals surface area contributed by atoms with Crippen molar-refractivity contribution in [3.63, 3.8) is 0 Å². The topological polar surface area (TPSA) is 88.1 Å². The summed E-state index contributed by atoms with van der Waals surface area (Å²) in [6, 6.07) is 4.93. The van der Waals surface area contributed by atoms with Gasteiger partial charge in [0.05, 0.1) is 20.6 Å². The van der Waals surface area contributed by atoms with Gasteiger partial charge in [0.1, 0.15) is 5.69 Å². The number of pyridine rings is 3. The summed E-state index contributed by atoms with van der Waals surface area (Å²) in [5.41, 5.74) is 1.44. The first kappa shape index (κ1) is 20.7. The molecule has 30 heavy (non-hydrogen) atoms. The van der Waals surface area contributed by atoms with E-state index < -0.39 is 0 Å². The van der Waals surface area contributed by atoms with E-state index in [4.69, 9.17) is 11.6 Å². The number of halogens is 2. The molecule has 0 saturated carbocycles. The van der Waals surface area contributed by atoms with Crippen LogP contribution in [0.5, 0.6) is 0 Å². The minimum absolute atomic E-state index is 0.142. The molecule has 1 aliphatic heterocycles. The fourth-order valence-electron chi connectivity index (χ4n) is 3.53. The second kappa shape index (κ2) is 8.65. The third-order valence-electron chi connectivity index (χ3n) is 5.30. The summed E-state index contributed by atoms with van der Waals surface area (Å²) in [5, 5.41) is 4.31. The van der Waals surface area contributed by atoms with Gasteiger partial charge in [-0.05, 0) is 46.5 Å². The van der Waals surface area contributed by atoms with E-state index in [2.05, 4.69) is 43.1 Å². The van der Waals surface area contributed by atoms with E-state index in [0.717, 1.165) is 16.3 Å². The maximum atomic E-state index is 12.9. The van der Waals surface area contributed by atoms with Crippen molar-refractivity contribution < 1.29 is 9.59 Å². The van der Waals surface area contributed by atoms with Gasteiger partial charge in [0, 0.05) is 49.3 Å². The molecule has 4 heterocycles. The number of nitrogens with one attached hydrogen (secondary N) is 1. The fraction of sp³-hybridized carbons (Fsp3) is 0.286. The average Bonchev–Trinajstić information content (AvgIpc) is 2.75. The molecule has 1 saturated heterocycles. The van der Waals surface area contributed by atoms with Gasteiger partial charge < -0.3 is 10.2 Å². The van der Waals surface area contributed by atoms with E-state index in [9.17, 15) is 9.59 Å². The highest BCUT2D eigenvalue weighted by Crippen LogP contribution is 2.22. The smallest absolute Gasteiger partial charge is 0.270 e. The van der Waals surface area contributed by atoms with Crippen molar-refractivity contribution in [1.82, 2.24) is 25.2 Å². The normalized spacial score (nSPS) is 19.0. The van der Waals surface area contributed by atoms with E-state index in [0.29, 0.717) is 34.9 Å². The fourth-order valence-corrected chi connectivity index (χ4v) is 4.14. The van der Waals surface area contributed by atoms with Crippen LogP contribution >= 0.6 is 27.5 Å². The summed E-state index contributed by atoms with van der Waals surface area (Å²) in [7, 11) is 0. The minimum atomic E-state index is -0.267. The predicted octanol–water partition coefficient (Wildman–Crippen LogP) is 3.72. The Hall–Kier alpha value is -2.58.